The summed E-state index contributed by atoms with van der Waals surface area (Å²) in [7, 11) is 4.88. The average molecular weight is 462 g/mol. The third-order valence-corrected chi connectivity index (χ3v) is 5.99. The SMILES string of the molecule is CNSNc1cccc(CN2C(=O)Oc3cc(OC(=O)N(C)C)ccc3C23CNC3)c1F. The Hall–Kier alpha value is -3.02. The van der Waals surface area contributed by atoms with Crippen LogP contribution in [-0.4, -0.2) is 56.2 Å². The molecule has 2 heterocycles. The fourth-order valence-electron chi connectivity index (χ4n) is 3.71. The van der Waals surface area contributed by atoms with Crippen LogP contribution in [0.5, 0.6) is 11.5 Å². The van der Waals surface area contributed by atoms with Gasteiger partial charge in [0.25, 0.3) is 0 Å². The molecule has 0 aliphatic carbocycles. The highest BCUT2D eigenvalue weighted by Gasteiger charge is 2.52. The first-order valence-electron chi connectivity index (χ1n) is 9.95. The lowest BCUT2D eigenvalue weighted by atomic mass is 9.80. The van der Waals surface area contributed by atoms with E-state index in [4.69, 9.17) is 9.47 Å². The summed E-state index contributed by atoms with van der Waals surface area (Å²) < 4.78 is 31.6. The van der Waals surface area contributed by atoms with E-state index in [0.717, 1.165) is 17.7 Å². The molecule has 0 unspecified atom stereocenters. The Kier molecular flexibility index (Phi) is 6.13. The molecule has 2 aliphatic heterocycles. The van der Waals surface area contributed by atoms with Crippen molar-refractivity contribution in [1.82, 2.24) is 19.8 Å². The van der Waals surface area contributed by atoms with Crippen LogP contribution in [0.1, 0.15) is 11.1 Å². The van der Waals surface area contributed by atoms with Crippen LogP contribution in [0.4, 0.5) is 19.7 Å². The molecule has 2 aromatic rings. The van der Waals surface area contributed by atoms with Gasteiger partial charge in [-0.05, 0) is 25.2 Å². The lowest BCUT2D eigenvalue weighted by Gasteiger charge is -2.52. The second kappa shape index (κ2) is 8.85. The largest absolute Gasteiger partial charge is 0.416 e. The summed E-state index contributed by atoms with van der Waals surface area (Å²) in [4.78, 5) is 27.7. The number of hydrogen-bond donors (Lipinski definition) is 3. The number of anilines is 1. The van der Waals surface area contributed by atoms with E-state index in [2.05, 4.69) is 14.8 Å². The van der Waals surface area contributed by atoms with Crippen molar-refractivity contribution < 1.29 is 23.5 Å². The lowest BCUT2D eigenvalue weighted by Crippen LogP contribution is -2.69. The molecule has 9 nitrogen and oxygen atoms in total. The summed E-state index contributed by atoms with van der Waals surface area (Å²) in [6.07, 6.45) is -1.12. The van der Waals surface area contributed by atoms with E-state index >= 15 is 4.39 Å². The van der Waals surface area contributed by atoms with Crippen LogP contribution < -0.4 is 24.2 Å². The van der Waals surface area contributed by atoms with Gasteiger partial charge in [-0.3, -0.25) is 4.90 Å². The van der Waals surface area contributed by atoms with Gasteiger partial charge in [0, 0.05) is 56.5 Å². The highest BCUT2D eigenvalue weighted by Crippen LogP contribution is 2.44. The number of ether oxygens (including phenoxy) is 2. The van der Waals surface area contributed by atoms with Gasteiger partial charge >= 0.3 is 12.2 Å². The Morgan fingerprint density at radius 2 is 2.12 bits per heavy atom. The van der Waals surface area contributed by atoms with Gasteiger partial charge in [-0.2, -0.15) is 0 Å². The molecule has 2 aliphatic rings. The van der Waals surface area contributed by atoms with E-state index < -0.39 is 23.5 Å². The molecular weight excluding hydrogens is 437 g/mol. The highest BCUT2D eigenvalue weighted by molar-refractivity contribution is 7.98. The summed E-state index contributed by atoms with van der Waals surface area (Å²) in [5.41, 5.74) is 0.793. The standard InChI is InChI=1S/C21H24FN5O4S/c1-23-32-25-16-6-4-5-13(18(16)22)10-27-20(29)31-17-9-14(30-19(28)26(2)3)7-8-15(17)21(27)11-24-12-21/h4-9,23-25H,10-12H2,1-3H3. The summed E-state index contributed by atoms with van der Waals surface area (Å²) in [6, 6.07) is 9.99. The monoisotopic (exact) mass is 461 g/mol. The minimum Gasteiger partial charge on any atom is -0.410 e. The molecule has 0 saturated carbocycles. The summed E-state index contributed by atoms with van der Waals surface area (Å²) >= 11 is 1.15. The van der Waals surface area contributed by atoms with Gasteiger partial charge in [-0.25, -0.2) is 18.7 Å². The Labute approximate surface area is 189 Å². The zero-order chi connectivity index (χ0) is 22.9. The van der Waals surface area contributed by atoms with E-state index in [1.54, 1.807) is 56.4 Å². The second-order valence-electron chi connectivity index (χ2n) is 7.70. The van der Waals surface area contributed by atoms with Crippen LogP contribution in [0.15, 0.2) is 36.4 Å². The zero-order valence-electron chi connectivity index (χ0n) is 17.9. The summed E-state index contributed by atoms with van der Waals surface area (Å²) in [6.45, 7) is 1.05. The molecule has 0 atom stereocenters. The summed E-state index contributed by atoms with van der Waals surface area (Å²) in [5.74, 6) is 0.179. The number of halogens is 1. The van der Waals surface area contributed by atoms with Crippen molar-refractivity contribution in [1.29, 1.82) is 0 Å². The normalized spacial score (nSPS) is 16.1. The van der Waals surface area contributed by atoms with Gasteiger partial charge in [-0.1, -0.05) is 12.1 Å². The zero-order valence-corrected chi connectivity index (χ0v) is 18.7. The number of carbonyl (C=O) groups excluding carboxylic acids is 2. The number of hydrogen-bond acceptors (Lipinski definition) is 8. The fraction of sp³-hybridized carbons (Fsp3) is 0.333. The number of benzene rings is 2. The molecule has 1 spiro atoms. The minimum atomic E-state index is -0.676. The Balaban J connectivity index is 1.63. The molecule has 2 aromatic carbocycles. The second-order valence-corrected chi connectivity index (χ2v) is 8.51. The molecule has 3 N–H and O–H groups in total. The van der Waals surface area contributed by atoms with Crippen LogP contribution in [-0.2, 0) is 12.1 Å². The number of carbonyl (C=O) groups is 2. The Morgan fingerprint density at radius 1 is 1.34 bits per heavy atom. The predicted molar refractivity (Wildman–Crippen MR) is 119 cm³/mol. The molecule has 0 radical (unpaired) electrons. The first-order valence-corrected chi connectivity index (χ1v) is 10.8. The summed E-state index contributed by atoms with van der Waals surface area (Å²) in [5, 5.41) is 3.21. The van der Waals surface area contributed by atoms with E-state index in [1.807, 2.05) is 0 Å². The van der Waals surface area contributed by atoms with Crippen molar-refractivity contribution in [3.8, 4) is 11.5 Å². The molecule has 1 fully saturated rings. The van der Waals surface area contributed by atoms with E-state index in [1.165, 1.54) is 11.0 Å². The molecule has 2 amide bonds. The van der Waals surface area contributed by atoms with Crippen LogP contribution in [0.3, 0.4) is 0 Å². The van der Waals surface area contributed by atoms with Crippen molar-refractivity contribution in [2.45, 2.75) is 12.1 Å². The van der Waals surface area contributed by atoms with E-state index in [9.17, 15) is 9.59 Å². The number of nitrogens with one attached hydrogen (secondary N) is 3. The topological polar surface area (TPSA) is 95.2 Å². The van der Waals surface area contributed by atoms with Crippen molar-refractivity contribution in [3.05, 3.63) is 53.3 Å². The maximum Gasteiger partial charge on any atom is 0.416 e. The molecule has 32 heavy (non-hydrogen) atoms. The number of amides is 2. The van der Waals surface area contributed by atoms with Gasteiger partial charge in [-0.15, -0.1) is 0 Å². The first kappa shape index (κ1) is 22.2. The molecule has 1 saturated heterocycles. The Morgan fingerprint density at radius 3 is 2.78 bits per heavy atom. The van der Waals surface area contributed by atoms with Crippen LogP contribution in [0.25, 0.3) is 0 Å². The fourth-order valence-corrected chi connectivity index (χ4v) is 4.08. The van der Waals surface area contributed by atoms with E-state index in [0.29, 0.717) is 30.1 Å². The van der Waals surface area contributed by atoms with Crippen LogP contribution >= 0.6 is 12.1 Å². The maximum absolute atomic E-state index is 15.0. The smallest absolute Gasteiger partial charge is 0.410 e. The third kappa shape index (κ3) is 3.94. The number of rotatable bonds is 6. The molecule has 0 bridgehead atoms. The predicted octanol–water partition coefficient (Wildman–Crippen LogP) is 2.89. The van der Waals surface area contributed by atoms with Crippen molar-refractivity contribution in [2.24, 2.45) is 0 Å². The van der Waals surface area contributed by atoms with Crippen molar-refractivity contribution >= 4 is 30.0 Å². The third-order valence-electron chi connectivity index (χ3n) is 5.46. The molecule has 11 heteroatoms. The van der Waals surface area contributed by atoms with Gasteiger partial charge in [0.1, 0.15) is 17.0 Å². The van der Waals surface area contributed by atoms with Gasteiger partial charge in [0.2, 0.25) is 0 Å². The van der Waals surface area contributed by atoms with Gasteiger partial charge in [0.05, 0.1) is 12.2 Å². The molecule has 0 aromatic heterocycles. The van der Waals surface area contributed by atoms with Crippen molar-refractivity contribution in [2.75, 3.05) is 39.0 Å². The molecule has 4 rings (SSSR count). The molecule has 170 valence electrons. The van der Waals surface area contributed by atoms with Crippen LogP contribution in [0, 0.1) is 5.82 Å². The lowest BCUT2D eigenvalue weighted by molar-refractivity contribution is 0.0185. The minimum absolute atomic E-state index is 0.0445. The van der Waals surface area contributed by atoms with Gasteiger partial charge in [0.15, 0.2) is 5.82 Å². The Bertz CT molecular complexity index is 1050. The average Bonchev–Trinajstić information content (AvgIpc) is 2.73. The quantitative estimate of drug-likeness (QED) is 0.566. The highest BCUT2D eigenvalue weighted by atomic mass is 32.2. The van der Waals surface area contributed by atoms with E-state index in [-0.39, 0.29) is 12.3 Å². The number of nitrogens with zero attached hydrogens (tertiary/aromatic N) is 2. The molecular formula is C21H24FN5O4S. The van der Waals surface area contributed by atoms with Crippen molar-refractivity contribution in [3.63, 3.8) is 0 Å². The first-order chi connectivity index (χ1) is 15.4. The van der Waals surface area contributed by atoms with Gasteiger partial charge < -0.3 is 24.4 Å². The van der Waals surface area contributed by atoms with Crippen LogP contribution in [0.2, 0.25) is 0 Å². The maximum atomic E-state index is 15.0. The number of fused-ring (bicyclic) bond motifs is 2.